The Labute approximate surface area is 127 Å². The van der Waals surface area contributed by atoms with Gasteiger partial charge < -0.3 is 15.2 Å². The molecule has 0 radical (unpaired) electrons. The Morgan fingerprint density at radius 3 is 2.71 bits per heavy atom. The van der Waals surface area contributed by atoms with Gasteiger partial charge in [-0.05, 0) is 32.4 Å². The average molecular weight is 290 g/mol. The van der Waals surface area contributed by atoms with E-state index in [4.69, 9.17) is 15.2 Å². The maximum Gasteiger partial charge on any atom is 0.181 e. The summed E-state index contributed by atoms with van der Waals surface area (Å²) in [4.78, 5) is 2.44. The fourth-order valence-corrected chi connectivity index (χ4v) is 3.69. The minimum absolute atomic E-state index is 0.0725. The number of aryl methyl sites for hydroxylation is 1. The number of hydrogen-bond acceptors (Lipinski definition) is 4. The molecule has 0 bridgehead atoms. The molecular weight excluding hydrogens is 264 g/mol. The average Bonchev–Trinajstić information content (AvgIpc) is 2.87. The second-order valence-electron chi connectivity index (χ2n) is 6.40. The molecule has 2 N–H and O–H groups in total. The van der Waals surface area contributed by atoms with E-state index in [9.17, 15) is 0 Å². The summed E-state index contributed by atoms with van der Waals surface area (Å²) in [5, 5.41) is 0. The lowest BCUT2D eigenvalue weighted by Crippen LogP contribution is -2.52. The molecule has 2 unspecified atom stereocenters. The van der Waals surface area contributed by atoms with Gasteiger partial charge in [0.1, 0.15) is 0 Å². The van der Waals surface area contributed by atoms with E-state index in [1.807, 2.05) is 0 Å². The van der Waals surface area contributed by atoms with Crippen molar-refractivity contribution < 1.29 is 9.47 Å². The van der Waals surface area contributed by atoms with Crippen LogP contribution in [0.5, 0.6) is 0 Å². The van der Waals surface area contributed by atoms with Gasteiger partial charge in [-0.15, -0.1) is 0 Å². The third-order valence-corrected chi connectivity index (χ3v) is 4.54. The standard InChI is InChI=1S/C17H26N2O2/c1-13-5-3-6-15(11-13)16(14(2)18)19-8-4-7-17(12-19)20-9-10-21-17/h3,5-6,11,14,16H,4,7-10,12,18H2,1-2H3. The van der Waals surface area contributed by atoms with Crippen LogP contribution >= 0.6 is 0 Å². The van der Waals surface area contributed by atoms with Crippen LogP contribution in [0.15, 0.2) is 24.3 Å². The van der Waals surface area contributed by atoms with Crippen molar-refractivity contribution in [2.24, 2.45) is 5.73 Å². The highest BCUT2D eigenvalue weighted by Gasteiger charge is 2.43. The molecule has 0 amide bonds. The summed E-state index contributed by atoms with van der Waals surface area (Å²) >= 11 is 0. The number of ether oxygens (including phenoxy) is 2. The summed E-state index contributed by atoms with van der Waals surface area (Å²) in [7, 11) is 0. The molecule has 2 atom stereocenters. The summed E-state index contributed by atoms with van der Waals surface area (Å²) in [6, 6.07) is 8.95. The quantitative estimate of drug-likeness (QED) is 0.927. The minimum Gasteiger partial charge on any atom is -0.346 e. The summed E-state index contributed by atoms with van der Waals surface area (Å²) in [5.41, 5.74) is 8.88. The highest BCUT2D eigenvalue weighted by Crippen LogP contribution is 2.35. The number of likely N-dealkylation sites (tertiary alicyclic amines) is 1. The van der Waals surface area contributed by atoms with Crippen LogP contribution in [0.1, 0.15) is 36.9 Å². The molecule has 1 aromatic carbocycles. The minimum atomic E-state index is -0.394. The molecule has 4 heteroatoms. The lowest BCUT2D eigenvalue weighted by atomic mass is 9.94. The predicted molar refractivity (Wildman–Crippen MR) is 83.0 cm³/mol. The van der Waals surface area contributed by atoms with E-state index in [0.29, 0.717) is 13.2 Å². The number of hydrogen-bond donors (Lipinski definition) is 1. The topological polar surface area (TPSA) is 47.7 Å². The highest BCUT2D eigenvalue weighted by molar-refractivity contribution is 5.26. The summed E-state index contributed by atoms with van der Waals surface area (Å²) in [6.07, 6.45) is 2.08. The Balaban J connectivity index is 1.83. The maximum atomic E-state index is 6.31. The van der Waals surface area contributed by atoms with Gasteiger partial charge in [0.25, 0.3) is 0 Å². The van der Waals surface area contributed by atoms with Crippen LogP contribution in [0.4, 0.5) is 0 Å². The first-order valence-electron chi connectivity index (χ1n) is 7.94. The molecule has 2 saturated heterocycles. The van der Waals surface area contributed by atoms with Gasteiger partial charge in [-0.2, -0.15) is 0 Å². The van der Waals surface area contributed by atoms with E-state index in [1.54, 1.807) is 0 Å². The molecule has 0 saturated carbocycles. The Hall–Kier alpha value is -0.940. The van der Waals surface area contributed by atoms with Crippen LogP contribution in [0, 0.1) is 6.92 Å². The molecule has 1 aromatic rings. The molecule has 3 rings (SSSR count). The third kappa shape index (κ3) is 3.14. The molecule has 21 heavy (non-hydrogen) atoms. The Morgan fingerprint density at radius 1 is 1.29 bits per heavy atom. The van der Waals surface area contributed by atoms with E-state index >= 15 is 0 Å². The maximum absolute atomic E-state index is 6.31. The zero-order valence-corrected chi connectivity index (χ0v) is 13.0. The van der Waals surface area contributed by atoms with Crippen molar-refractivity contribution in [1.29, 1.82) is 0 Å². The summed E-state index contributed by atoms with van der Waals surface area (Å²) in [5.74, 6) is -0.394. The Bertz CT molecular complexity index is 483. The molecule has 2 aliphatic rings. The van der Waals surface area contributed by atoms with Crippen molar-refractivity contribution in [3.05, 3.63) is 35.4 Å². The van der Waals surface area contributed by atoms with Gasteiger partial charge in [0.2, 0.25) is 0 Å². The first-order chi connectivity index (χ1) is 10.1. The fraction of sp³-hybridized carbons (Fsp3) is 0.647. The van der Waals surface area contributed by atoms with Crippen LogP contribution in [0.3, 0.4) is 0 Å². The van der Waals surface area contributed by atoms with Gasteiger partial charge in [-0.1, -0.05) is 29.8 Å². The van der Waals surface area contributed by atoms with E-state index in [2.05, 4.69) is 43.0 Å². The van der Waals surface area contributed by atoms with Gasteiger partial charge in [0.15, 0.2) is 5.79 Å². The van der Waals surface area contributed by atoms with Gasteiger partial charge in [-0.25, -0.2) is 0 Å². The van der Waals surface area contributed by atoms with Crippen molar-refractivity contribution in [1.82, 2.24) is 4.90 Å². The van der Waals surface area contributed by atoms with E-state index in [1.165, 1.54) is 11.1 Å². The van der Waals surface area contributed by atoms with Crippen LogP contribution in [0.2, 0.25) is 0 Å². The number of nitrogens with two attached hydrogens (primary N) is 1. The van der Waals surface area contributed by atoms with Crippen molar-refractivity contribution in [2.45, 2.75) is 44.6 Å². The van der Waals surface area contributed by atoms with Crippen molar-refractivity contribution in [2.75, 3.05) is 26.3 Å². The highest BCUT2D eigenvalue weighted by atomic mass is 16.7. The van der Waals surface area contributed by atoms with Gasteiger partial charge in [0.05, 0.1) is 19.8 Å². The zero-order chi connectivity index (χ0) is 14.9. The third-order valence-electron chi connectivity index (χ3n) is 4.54. The van der Waals surface area contributed by atoms with Crippen LogP contribution in [-0.4, -0.2) is 43.0 Å². The molecule has 1 spiro atoms. The fourth-order valence-electron chi connectivity index (χ4n) is 3.69. The summed E-state index contributed by atoms with van der Waals surface area (Å²) < 4.78 is 11.8. The lowest BCUT2D eigenvalue weighted by molar-refractivity contribution is -0.194. The van der Waals surface area contributed by atoms with Gasteiger partial charge in [-0.3, -0.25) is 4.90 Å². The molecular formula is C17H26N2O2. The number of nitrogens with zero attached hydrogens (tertiary/aromatic N) is 1. The van der Waals surface area contributed by atoms with E-state index in [-0.39, 0.29) is 12.1 Å². The summed E-state index contributed by atoms with van der Waals surface area (Å²) in [6.45, 7) is 7.50. The molecule has 0 aliphatic carbocycles. The number of rotatable bonds is 3. The van der Waals surface area contributed by atoms with Crippen LogP contribution < -0.4 is 5.73 Å². The monoisotopic (exact) mass is 290 g/mol. The predicted octanol–water partition coefficient (Wildman–Crippen LogP) is 2.22. The van der Waals surface area contributed by atoms with E-state index in [0.717, 1.165) is 25.9 Å². The van der Waals surface area contributed by atoms with Crippen molar-refractivity contribution in [3.63, 3.8) is 0 Å². The molecule has 116 valence electrons. The first-order valence-corrected chi connectivity index (χ1v) is 7.94. The Morgan fingerprint density at radius 2 is 2.05 bits per heavy atom. The van der Waals surface area contributed by atoms with Crippen LogP contribution in [-0.2, 0) is 9.47 Å². The number of piperidine rings is 1. The van der Waals surface area contributed by atoms with Crippen molar-refractivity contribution >= 4 is 0 Å². The molecule has 0 aromatic heterocycles. The first kappa shape index (κ1) is 15.0. The second-order valence-corrected chi connectivity index (χ2v) is 6.40. The van der Waals surface area contributed by atoms with Crippen molar-refractivity contribution in [3.8, 4) is 0 Å². The molecule has 2 heterocycles. The van der Waals surface area contributed by atoms with E-state index < -0.39 is 5.79 Å². The largest absolute Gasteiger partial charge is 0.346 e. The normalized spacial score (nSPS) is 25.1. The van der Waals surface area contributed by atoms with Gasteiger partial charge >= 0.3 is 0 Å². The zero-order valence-electron chi connectivity index (χ0n) is 13.0. The molecule has 2 aliphatic heterocycles. The molecule has 4 nitrogen and oxygen atoms in total. The lowest BCUT2D eigenvalue weighted by Gasteiger charge is -2.43. The Kier molecular flexibility index (Phi) is 4.31. The van der Waals surface area contributed by atoms with Gasteiger partial charge in [0, 0.05) is 18.5 Å². The SMILES string of the molecule is Cc1cccc(C(C(C)N)N2CCCC3(C2)OCCO3)c1. The number of benzene rings is 1. The smallest absolute Gasteiger partial charge is 0.181 e. The molecule has 2 fully saturated rings. The second kappa shape index (κ2) is 6.05. The van der Waals surface area contributed by atoms with Crippen LogP contribution in [0.25, 0.3) is 0 Å².